The molecule has 3 nitrogen and oxygen atoms in total. The number of hydrogen-bond donors (Lipinski definition) is 0. The standard InChI is InChI=1S/C19H17IN2O/c1-12-11-16(20)9-10-17(12)22-13(2)18(19(23)21-14(22)3)15-7-5-4-6-8-15/h4-11H,1-3H3. The quantitative estimate of drug-likeness (QED) is 0.580. The third-order valence-corrected chi connectivity index (χ3v) is 4.63. The van der Waals surface area contributed by atoms with Crippen LogP contribution in [0.5, 0.6) is 0 Å². The highest BCUT2D eigenvalue weighted by molar-refractivity contribution is 14.1. The topological polar surface area (TPSA) is 34.9 Å². The zero-order chi connectivity index (χ0) is 16.6. The summed E-state index contributed by atoms with van der Waals surface area (Å²) < 4.78 is 3.26. The first-order valence-corrected chi connectivity index (χ1v) is 8.49. The van der Waals surface area contributed by atoms with Crippen LogP contribution >= 0.6 is 22.6 Å². The van der Waals surface area contributed by atoms with E-state index in [2.05, 4.69) is 57.3 Å². The van der Waals surface area contributed by atoms with E-state index in [-0.39, 0.29) is 5.56 Å². The van der Waals surface area contributed by atoms with Crippen molar-refractivity contribution in [3.8, 4) is 16.8 Å². The van der Waals surface area contributed by atoms with Crippen molar-refractivity contribution in [2.45, 2.75) is 20.8 Å². The van der Waals surface area contributed by atoms with Crippen molar-refractivity contribution in [3.63, 3.8) is 0 Å². The third kappa shape index (κ3) is 2.95. The van der Waals surface area contributed by atoms with Crippen LogP contribution < -0.4 is 5.56 Å². The Balaban J connectivity index is 2.33. The fourth-order valence-corrected chi connectivity index (χ4v) is 3.57. The minimum absolute atomic E-state index is 0.175. The monoisotopic (exact) mass is 416 g/mol. The minimum Gasteiger partial charge on any atom is -0.302 e. The Bertz CT molecular complexity index is 930. The van der Waals surface area contributed by atoms with Gasteiger partial charge in [0.2, 0.25) is 0 Å². The van der Waals surface area contributed by atoms with Crippen LogP contribution in [0.25, 0.3) is 16.8 Å². The van der Waals surface area contributed by atoms with Crippen LogP contribution in [-0.4, -0.2) is 9.55 Å². The van der Waals surface area contributed by atoms with E-state index in [0.717, 1.165) is 22.5 Å². The molecule has 23 heavy (non-hydrogen) atoms. The molecule has 1 aromatic heterocycles. The molecule has 3 aromatic rings. The molecule has 116 valence electrons. The number of benzene rings is 2. The molecule has 0 aliphatic rings. The van der Waals surface area contributed by atoms with E-state index in [1.54, 1.807) is 0 Å². The Morgan fingerprint density at radius 2 is 1.70 bits per heavy atom. The maximum Gasteiger partial charge on any atom is 0.281 e. The Kier molecular flexibility index (Phi) is 4.35. The number of rotatable bonds is 2. The molecular formula is C19H17IN2O. The van der Waals surface area contributed by atoms with Crippen molar-refractivity contribution in [1.29, 1.82) is 0 Å². The summed E-state index contributed by atoms with van der Waals surface area (Å²) in [6, 6.07) is 16.0. The van der Waals surface area contributed by atoms with Crippen molar-refractivity contribution in [1.82, 2.24) is 9.55 Å². The van der Waals surface area contributed by atoms with Gasteiger partial charge in [0.1, 0.15) is 5.82 Å². The van der Waals surface area contributed by atoms with Crippen LogP contribution in [0.1, 0.15) is 17.1 Å². The second kappa shape index (κ2) is 6.28. The molecule has 1 heterocycles. The van der Waals surface area contributed by atoms with E-state index in [0.29, 0.717) is 11.4 Å². The highest BCUT2D eigenvalue weighted by Gasteiger charge is 2.15. The smallest absolute Gasteiger partial charge is 0.281 e. The summed E-state index contributed by atoms with van der Waals surface area (Å²) in [5.41, 5.74) is 4.52. The van der Waals surface area contributed by atoms with Gasteiger partial charge in [0, 0.05) is 15.0 Å². The van der Waals surface area contributed by atoms with Gasteiger partial charge in [0.05, 0.1) is 5.56 Å². The average Bonchev–Trinajstić information content (AvgIpc) is 2.50. The van der Waals surface area contributed by atoms with E-state index in [9.17, 15) is 4.79 Å². The maximum atomic E-state index is 12.5. The first-order valence-electron chi connectivity index (χ1n) is 7.41. The van der Waals surface area contributed by atoms with E-state index in [1.165, 1.54) is 3.57 Å². The van der Waals surface area contributed by atoms with E-state index in [4.69, 9.17) is 0 Å². The Morgan fingerprint density at radius 3 is 2.35 bits per heavy atom. The van der Waals surface area contributed by atoms with Crippen LogP contribution in [0.3, 0.4) is 0 Å². The Labute approximate surface area is 149 Å². The van der Waals surface area contributed by atoms with Gasteiger partial charge < -0.3 is 4.57 Å². The largest absolute Gasteiger partial charge is 0.302 e. The van der Waals surface area contributed by atoms with Crippen molar-refractivity contribution < 1.29 is 0 Å². The predicted octanol–water partition coefficient (Wildman–Crippen LogP) is 4.43. The van der Waals surface area contributed by atoms with Crippen LogP contribution in [0, 0.1) is 24.3 Å². The number of aromatic nitrogens is 2. The lowest BCUT2D eigenvalue weighted by Crippen LogP contribution is -2.20. The first kappa shape index (κ1) is 15.9. The molecule has 0 bridgehead atoms. The third-order valence-electron chi connectivity index (χ3n) is 3.96. The summed E-state index contributed by atoms with van der Waals surface area (Å²) in [4.78, 5) is 16.7. The first-order chi connectivity index (χ1) is 11.0. The van der Waals surface area contributed by atoms with Crippen LogP contribution in [0.2, 0.25) is 0 Å². The molecule has 0 aliphatic heterocycles. The summed E-state index contributed by atoms with van der Waals surface area (Å²) >= 11 is 2.31. The van der Waals surface area contributed by atoms with E-state index in [1.807, 2.05) is 44.2 Å². The van der Waals surface area contributed by atoms with Gasteiger partial charge in [0.25, 0.3) is 5.56 Å². The highest BCUT2D eigenvalue weighted by Crippen LogP contribution is 2.25. The average molecular weight is 416 g/mol. The summed E-state index contributed by atoms with van der Waals surface area (Å²) in [6.07, 6.45) is 0. The summed E-state index contributed by atoms with van der Waals surface area (Å²) in [5.74, 6) is 0.705. The highest BCUT2D eigenvalue weighted by atomic mass is 127. The zero-order valence-electron chi connectivity index (χ0n) is 13.3. The molecule has 0 unspecified atom stereocenters. The molecule has 0 amide bonds. The van der Waals surface area contributed by atoms with Crippen LogP contribution in [-0.2, 0) is 0 Å². The van der Waals surface area contributed by atoms with Gasteiger partial charge >= 0.3 is 0 Å². The van der Waals surface area contributed by atoms with Crippen LogP contribution in [0.4, 0.5) is 0 Å². The molecule has 0 spiro atoms. The molecule has 4 heteroatoms. The minimum atomic E-state index is -0.175. The number of nitrogens with zero attached hydrogens (tertiary/aromatic N) is 2. The molecule has 0 radical (unpaired) electrons. The lowest BCUT2D eigenvalue weighted by molar-refractivity contribution is 0.850. The Hall–Kier alpha value is -1.95. The van der Waals surface area contributed by atoms with Gasteiger partial charge in [-0.25, -0.2) is 0 Å². The van der Waals surface area contributed by atoms with E-state index < -0.39 is 0 Å². The molecule has 0 fully saturated rings. The molecule has 0 saturated heterocycles. The van der Waals surface area contributed by atoms with Crippen molar-refractivity contribution in [3.05, 3.63) is 79.5 Å². The van der Waals surface area contributed by atoms with Gasteiger partial charge in [-0.05, 0) is 72.7 Å². The normalized spacial score (nSPS) is 10.8. The van der Waals surface area contributed by atoms with Crippen molar-refractivity contribution in [2.75, 3.05) is 0 Å². The summed E-state index contributed by atoms with van der Waals surface area (Å²) in [5, 5.41) is 0. The van der Waals surface area contributed by atoms with Crippen LogP contribution in [0.15, 0.2) is 53.3 Å². The predicted molar refractivity (Wildman–Crippen MR) is 102 cm³/mol. The van der Waals surface area contributed by atoms with Gasteiger partial charge in [-0.15, -0.1) is 0 Å². The fraction of sp³-hybridized carbons (Fsp3) is 0.158. The molecular weight excluding hydrogens is 399 g/mol. The van der Waals surface area contributed by atoms with Gasteiger partial charge in [-0.2, -0.15) is 4.98 Å². The van der Waals surface area contributed by atoms with Gasteiger partial charge in [0.15, 0.2) is 0 Å². The van der Waals surface area contributed by atoms with Gasteiger partial charge in [-0.3, -0.25) is 4.79 Å². The molecule has 2 aromatic carbocycles. The summed E-state index contributed by atoms with van der Waals surface area (Å²) in [6.45, 7) is 5.94. The number of hydrogen-bond acceptors (Lipinski definition) is 2. The van der Waals surface area contributed by atoms with Crippen molar-refractivity contribution in [2.24, 2.45) is 0 Å². The summed E-state index contributed by atoms with van der Waals surface area (Å²) in [7, 11) is 0. The lowest BCUT2D eigenvalue weighted by atomic mass is 10.0. The molecule has 0 aliphatic carbocycles. The fourth-order valence-electron chi connectivity index (χ4n) is 2.92. The molecule has 0 N–H and O–H groups in total. The Morgan fingerprint density at radius 1 is 1.00 bits per heavy atom. The molecule has 0 atom stereocenters. The number of aryl methyl sites for hydroxylation is 2. The van der Waals surface area contributed by atoms with Crippen molar-refractivity contribution >= 4 is 22.6 Å². The maximum absolute atomic E-state index is 12.5. The molecule has 0 saturated carbocycles. The second-order valence-electron chi connectivity index (χ2n) is 5.56. The zero-order valence-corrected chi connectivity index (χ0v) is 15.5. The second-order valence-corrected chi connectivity index (χ2v) is 6.80. The van der Waals surface area contributed by atoms with Gasteiger partial charge in [-0.1, -0.05) is 30.3 Å². The number of halogens is 1. The SMILES string of the molecule is Cc1cc(I)ccc1-n1c(C)nc(=O)c(-c2ccccc2)c1C. The van der Waals surface area contributed by atoms with E-state index >= 15 is 0 Å². The lowest BCUT2D eigenvalue weighted by Gasteiger charge is -2.19. The molecule has 3 rings (SSSR count).